The molecule has 0 aromatic heterocycles. The average Bonchev–Trinajstić information content (AvgIpc) is 2.98. The summed E-state index contributed by atoms with van der Waals surface area (Å²) in [5, 5.41) is 0. The molecule has 15 heavy (non-hydrogen) atoms. The molecule has 2 atom stereocenters. The van der Waals surface area contributed by atoms with Crippen LogP contribution in [0.1, 0.15) is 38.3 Å². The summed E-state index contributed by atoms with van der Waals surface area (Å²) < 4.78 is 0. The van der Waals surface area contributed by atoms with Gasteiger partial charge in [-0.3, -0.25) is 0 Å². The Morgan fingerprint density at radius 3 is 2.47 bits per heavy atom. The summed E-state index contributed by atoms with van der Waals surface area (Å²) >= 11 is 0. The van der Waals surface area contributed by atoms with Gasteiger partial charge in [-0.1, -0.05) is 49.8 Å². The van der Waals surface area contributed by atoms with E-state index >= 15 is 0 Å². The van der Waals surface area contributed by atoms with E-state index in [0.717, 1.165) is 12.3 Å². The lowest BCUT2D eigenvalue weighted by atomic mass is 9.96. The summed E-state index contributed by atoms with van der Waals surface area (Å²) in [5.41, 5.74) is 10.6. The molecule has 1 aromatic carbocycles. The van der Waals surface area contributed by atoms with E-state index in [9.17, 15) is 0 Å². The van der Waals surface area contributed by atoms with E-state index in [1.54, 1.807) is 5.57 Å². The molecule has 0 heterocycles. The fraction of sp³-hybridized carbons (Fsp3) is 0.429. The molecule has 0 aliphatic heterocycles. The Bertz CT molecular complexity index is 364. The summed E-state index contributed by atoms with van der Waals surface area (Å²) in [6, 6.07) is 10.5. The smallest absolute Gasteiger partial charge is 0.0513 e. The van der Waals surface area contributed by atoms with Gasteiger partial charge in [-0.15, -0.1) is 0 Å². The fourth-order valence-corrected chi connectivity index (χ4v) is 2.23. The van der Waals surface area contributed by atoms with Crippen molar-refractivity contribution in [2.24, 2.45) is 11.7 Å². The van der Waals surface area contributed by atoms with Crippen molar-refractivity contribution in [3.8, 4) is 0 Å². The molecule has 0 amide bonds. The third-order valence-corrected chi connectivity index (χ3v) is 3.29. The standard InChI is InChI=1S/C14H19N/c1-3-12(13-9-10(13)2)14(15)11-7-5-4-6-8-11/h4-8,10,14H,3,9,15H2,1-2H3/b13-12+. The second kappa shape index (κ2) is 4.19. The monoisotopic (exact) mass is 201 g/mol. The maximum absolute atomic E-state index is 6.30. The van der Waals surface area contributed by atoms with Crippen molar-refractivity contribution in [3.05, 3.63) is 47.0 Å². The van der Waals surface area contributed by atoms with Crippen LogP contribution >= 0.6 is 0 Å². The van der Waals surface area contributed by atoms with Crippen LogP contribution in [0.25, 0.3) is 0 Å². The minimum absolute atomic E-state index is 0.108. The topological polar surface area (TPSA) is 26.0 Å². The third-order valence-electron chi connectivity index (χ3n) is 3.29. The molecule has 1 aromatic rings. The summed E-state index contributed by atoms with van der Waals surface area (Å²) in [6.07, 6.45) is 2.33. The molecule has 2 rings (SSSR count). The largest absolute Gasteiger partial charge is 0.321 e. The molecule has 0 spiro atoms. The number of hydrogen-bond acceptors (Lipinski definition) is 1. The summed E-state index contributed by atoms with van der Waals surface area (Å²) in [5.74, 6) is 0.773. The van der Waals surface area contributed by atoms with Crippen molar-refractivity contribution >= 4 is 0 Å². The highest BCUT2D eigenvalue weighted by atomic mass is 14.6. The molecular formula is C14H19N. The lowest BCUT2D eigenvalue weighted by Gasteiger charge is -2.15. The molecule has 1 nitrogen and oxygen atoms in total. The van der Waals surface area contributed by atoms with Crippen LogP contribution in [0, 0.1) is 5.92 Å². The van der Waals surface area contributed by atoms with Crippen LogP contribution in [-0.4, -0.2) is 0 Å². The van der Waals surface area contributed by atoms with Gasteiger partial charge in [0.15, 0.2) is 0 Å². The number of allylic oxidation sites excluding steroid dienone is 1. The van der Waals surface area contributed by atoms with E-state index in [2.05, 4.69) is 38.1 Å². The van der Waals surface area contributed by atoms with Gasteiger partial charge in [-0.25, -0.2) is 0 Å². The predicted molar refractivity (Wildman–Crippen MR) is 64.5 cm³/mol. The van der Waals surface area contributed by atoms with Crippen LogP contribution < -0.4 is 5.73 Å². The van der Waals surface area contributed by atoms with Crippen LogP contribution in [0.5, 0.6) is 0 Å². The van der Waals surface area contributed by atoms with E-state index in [4.69, 9.17) is 5.73 Å². The van der Waals surface area contributed by atoms with Crippen molar-refractivity contribution in [2.75, 3.05) is 0 Å². The maximum Gasteiger partial charge on any atom is 0.0513 e. The Balaban J connectivity index is 2.24. The van der Waals surface area contributed by atoms with Gasteiger partial charge >= 0.3 is 0 Å². The first kappa shape index (κ1) is 10.4. The zero-order valence-electron chi connectivity index (χ0n) is 9.53. The second-order valence-corrected chi connectivity index (χ2v) is 4.40. The first-order valence-electron chi connectivity index (χ1n) is 5.76. The lowest BCUT2D eigenvalue weighted by Crippen LogP contribution is -2.13. The van der Waals surface area contributed by atoms with Gasteiger partial charge in [0.05, 0.1) is 6.04 Å². The fourth-order valence-electron chi connectivity index (χ4n) is 2.23. The van der Waals surface area contributed by atoms with Gasteiger partial charge in [0, 0.05) is 0 Å². The molecule has 0 bridgehead atoms. The van der Waals surface area contributed by atoms with Crippen LogP contribution in [0.15, 0.2) is 41.5 Å². The minimum atomic E-state index is 0.108. The molecule has 0 saturated heterocycles. The van der Waals surface area contributed by atoms with Crippen LogP contribution in [0.2, 0.25) is 0 Å². The van der Waals surface area contributed by atoms with Gasteiger partial charge in [-0.2, -0.15) is 0 Å². The Morgan fingerprint density at radius 2 is 2.00 bits per heavy atom. The molecule has 80 valence electrons. The zero-order chi connectivity index (χ0) is 10.8. The number of benzene rings is 1. The Labute approximate surface area is 92.0 Å². The van der Waals surface area contributed by atoms with Crippen LogP contribution in [-0.2, 0) is 0 Å². The van der Waals surface area contributed by atoms with Crippen molar-refractivity contribution in [1.29, 1.82) is 0 Å². The number of nitrogens with two attached hydrogens (primary N) is 1. The first-order chi connectivity index (χ1) is 7.24. The third kappa shape index (κ3) is 2.13. The van der Waals surface area contributed by atoms with Crippen molar-refractivity contribution < 1.29 is 0 Å². The van der Waals surface area contributed by atoms with Crippen LogP contribution in [0.4, 0.5) is 0 Å². The van der Waals surface area contributed by atoms with E-state index in [1.807, 2.05) is 6.07 Å². The molecule has 2 N–H and O–H groups in total. The Kier molecular flexibility index (Phi) is 2.92. The maximum atomic E-state index is 6.30. The van der Waals surface area contributed by atoms with E-state index in [-0.39, 0.29) is 6.04 Å². The normalized spacial score (nSPS) is 24.9. The molecule has 2 unspecified atom stereocenters. The number of hydrogen-bond donors (Lipinski definition) is 1. The van der Waals surface area contributed by atoms with E-state index in [0.29, 0.717) is 0 Å². The summed E-state index contributed by atoms with van der Waals surface area (Å²) in [4.78, 5) is 0. The summed E-state index contributed by atoms with van der Waals surface area (Å²) in [7, 11) is 0. The second-order valence-electron chi connectivity index (χ2n) is 4.40. The van der Waals surface area contributed by atoms with Crippen LogP contribution in [0.3, 0.4) is 0 Å². The van der Waals surface area contributed by atoms with Gasteiger partial charge in [0.2, 0.25) is 0 Å². The van der Waals surface area contributed by atoms with Gasteiger partial charge < -0.3 is 5.73 Å². The minimum Gasteiger partial charge on any atom is -0.321 e. The average molecular weight is 201 g/mol. The lowest BCUT2D eigenvalue weighted by molar-refractivity contribution is 0.791. The molecule has 1 saturated carbocycles. The Morgan fingerprint density at radius 1 is 1.40 bits per heavy atom. The molecule has 0 radical (unpaired) electrons. The molecule has 1 heteroatoms. The van der Waals surface area contributed by atoms with Gasteiger partial charge in [-0.05, 0) is 29.9 Å². The highest BCUT2D eigenvalue weighted by Gasteiger charge is 2.29. The van der Waals surface area contributed by atoms with E-state index < -0.39 is 0 Å². The van der Waals surface area contributed by atoms with Crippen molar-refractivity contribution in [2.45, 2.75) is 32.7 Å². The highest BCUT2D eigenvalue weighted by Crippen LogP contribution is 2.43. The molecular weight excluding hydrogens is 182 g/mol. The predicted octanol–water partition coefficient (Wildman–Crippen LogP) is 3.43. The number of rotatable bonds is 3. The summed E-state index contributed by atoms with van der Waals surface area (Å²) in [6.45, 7) is 4.49. The highest BCUT2D eigenvalue weighted by molar-refractivity contribution is 5.37. The van der Waals surface area contributed by atoms with Gasteiger partial charge in [0.25, 0.3) is 0 Å². The SMILES string of the molecule is CC/C(=C1/CC1C)C(N)c1ccccc1. The molecule has 1 fully saturated rings. The van der Waals surface area contributed by atoms with Crippen molar-refractivity contribution in [3.63, 3.8) is 0 Å². The molecule has 1 aliphatic carbocycles. The Hall–Kier alpha value is -1.08. The van der Waals surface area contributed by atoms with Gasteiger partial charge in [0.1, 0.15) is 0 Å². The van der Waals surface area contributed by atoms with Crippen molar-refractivity contribution in [1.82, 2.24) is 0 Å². The molecule has 1 aliphatic rings. The van der Waals surface area contributed by atoms with E-state index in [1.165, 1.54) is 17.6 Å². The quantitative estimate of drug-likeness (QED) is 0.745. The first-order valence-corrected chi connectivity index (χ1v) is 5.76. The zero-order valence-corrected chi connectivity index (χ0v) is 9.53.